The van der Waals surface area contributed by atoms with E-state index in [1.54, 1.807) is 0 Å². The summed E-state index contributed by atoms with van der Waals surface area (Å²) in [7, 11) is 0. The summed E-state index contributed by atoms with van der Waals surface area (Å²) in [5.41, 5.74) is -0.132. The van der Waals surface area contributed by atoms with Crippen LogP contribution in [0.4, 0.5) is 0 Å². The van der Waals surface area contributed by atoms with Crippen LogP contribution in [0.25, 0.3) is 0 Å². The molecule has 0 amide bonds. The van der Waals surface area contributed by atoms with Crippen molar-refractivity contribution in [3.05, 3.63) is 0 Å². The maximum absolute atomic E-state index is 11.3. The van der Waals surface area contributed by atoms with Crippen molar-refractivity contribution in [2.75, 3.05) is 0 Å². The summed E-state index contributed by atoms with van der Waals surface area (Å²) in [4.78, 5) is 11.3. The van der Waals surface area contributed by atoms with Gasteiger partial charge in [0.1, 0.15) is 5.60 Å². The standard InChI is InChI=1S/C13H24O2/c1-11(2)15-13(10-14)7-5-6-12(3,4)8-9-13/h10-11H,5-9H2,1-4H3. The van der Waals surface area contributed by atoms with E-state index in [2.05, 4.69) is 13.8 Å². The zero-order valence-electron chi connectivity index (χ0n) is 10.5. The fraction of sp³-hybridized carbons (Fsp3) is 0.923. The first-order valence-electron chi connectivity index (χ1n) is 6.03. The molecule has 1 fully saturated rings. The van der Waals surface area contributed by atoms with Crippen molar-refractivity contribution in [2.45, 2.75) is 71.5 Å². The molecule has 1 unspecified atom stereocenters. The van der Waals surface area contributed by atoms with Gasteiger partial charge in [0.25, 0.3) is 0 Å². The Balaban J connectivity index is 2.70. The molecular weight excluding hydrogens is 188 g/mol. The molecule has 0 N–H and O–H groups in total. The SMILES string of the molecule is CC(C)OC1(C=O)CCCC(C)(C)CC1. The van der Waals surface area contributed by atoms with Gasteiger partial charge in [0, 0.05) is 0 Å². The Morgan fingerprint density at radius 1 is 1.13 bits per heavy atom. The minimum absolute atomic E-state index is 0.136. The Kier molecular flexibility index (Phi) is 3.93. The summed E-state index contributed by atoms with van der Waals surface area (Å²) in [5.74, 6) is 0. The largest absolute Gasteiger partial charge is 0.365 e. The molecular formula is C13H24O2. The molecule has 0 aliphatic heterocycles. The molecule has 1 aliphatic carbocycles. The predicted octanol–water partition coefficient (Wildman–Crippen LogP) is 3.34. The predicted molar refractivity (Wildman–Crippen MR) is 61.9 cm³/mol. The van der Waals surface area contributed by atoms with Crippen LogP contribution in [0.1, 0.15) is 59.8 Å². The molecule has 15 heavy (non-hydrogen) atoms. The number of aldehydes is 1. The Hall–Kier alpha value is -0.370. The number of rotatable bonds is 3. The van der Waals surface area contributed by atoms with Gasteiger partial charge in [-0.2, -0.15) is 0 Å². The Bertz CT molecular complexity index is 221. The molecule has 2 heteroatoms. The second-order valence-corrected chi connectivity index (χ2v) is 5.87. The van der Waals surface area contributed by atoms with Crippen molar-refractivity contribution < 1.29 is 9.53 Å². The molecule has 0 saturated heterocycles. The van der Waals surface area contributed by atoms with Gasteiger partial charge in [-0.15, -0.1) is 0 Å². The van der Waals surface area contributed by atoms with Gasteiger partial charge in [-0.25, -0.2) is 0 Å². The first-order chi connectivity index (χ1) is 6.89. The normalized spacial score (nSPS) is 31.3. The summed E-state index contributed by atoms with van der Waals surface area (Å²) >= 11 is 0. The lowest BCUT2D eigenvalue weighted by molar-refractivity contribution is -0.140. The van der Waals surface area contributed by atoms with Crippen LogP contribution in [0, 0.1) is 5.41 Å². The van der Waals surface area contributed by atoms with Gasteiger partial charge in [0.05, 0.1) is 6.10 Å². The lowest BCUT2D eigenvalue weighted by Crippen LogP contribution is -2.36. The summed E-state index contributed by atoms with van der Waals surface area (Å²) in [6.45, 7) is 8.56. The third-order valence-electron chi connectivity index (χ3n) is 3.36. The molecule has 0 bridgehead atoms. The zero-order valence-corrected chi connectivity index (χ0v) is 10.5. The van der Waals surface area contributed by atoms with E-state index in [0.29, 0.717) is 5.41 Å². The van der Waals surface area contributed by atoms with Crippen molar-refractivity contribution in [3.63, 3.8) is 0 Å². The third kappa shape index (κ3) is 3.60. The van der Waals surface area contributed by atoms with E-state index in [9.17, 15) is 4.79 Å². The molecule has 0 aromatic carbocycles. The van der Waals surface area contributed by atoms with Crippen molar-refractivity contribution in [1.29, 1.82) is 0 Å². The van der Waals surface area contributed by atoms with E-state index in [1.807, 2.05) is 13.8 Å². The van der Waals surface area contributed by atoms with Crippen molar-refractivity contribution in [1.82, 2.24) is 0 Å². The quantitative estimate of drug-likeness (QED) is 0.530. The minimum Gasteiger partial charge on any atom is -0.365 e. The number of hydrogen-bond donors (Lipinski definition) is 0. The van der Waals surface area contributed by atoms with Gasteiger partial charge in [0.15, 0.2) is 6.29 Å². The summed E-state index contributed by atoms with van der Waals surface area (Å²) in [6.07, 6.45) is 6.31. The van der Waals surface area contributed by atoms with Crippen molar-refractivity contribution in [2.24, 2.45) is 5.41 Å². The van der Waals surface area contributed by atoms with Gasteiger partial charge in [-0.3, -0.25) is 0 Å². The molecule has 2 nitrogen and oxygen atoms in total. The topological polar surface area (TPSA) is 26.3 Å². The Morgan fingerprint density at radius 3 is 2.33 bits per heavy atom. The highest BCUT2D eigenvalue weighted by Gasteiger charge is 2.36. The molecule has 88 valence electrons. The molecule has 0 radical (unpaired) electrons. The monoisotopic (exact) mass is 212 g/mol. The maximum atomic E-state index is 11.3. The highest BCUT2D eigenvalue weighted by atomic mass is 16.5. The van der Waals surface area contributed by atoms with E-state index in [1.165, 1.54) is 6.42 Å². The Morgan fingerprint density at radius 2 is 1.80 bits per heavy atom. The second-order valence-electron chi connectivity index (χ2n) is 5.87. The van der Waals surface area contributed by atoms with Gasteiger partial charge >= 0.3 is 0 Å². The highest BCUT2D eigenvalue weighted by molar-refractivity contribution is 5.62. The van der Waals surface area contributed by atoms with E-state index in [-0.39, 0.29) is 6.10 Å². The maximum Gasteiger partial charge on any atom is 0.151 e. The number of carbonyl (C=O) groups is 1. The number of ether oxygens (including phenoxy) is 1. The molecule has 1 aliphatic rings. The molecule has 0 aromatic heterocycles. The minimum atomic E-state index is -0.498. The number of hydrogen-bond acceptors (Lipinski definition) is 2. The van der Waals surface area contributed by atoms with Gasteiger partial charge < -0.3 is 9.53 Å². The highest BCUT2D eigenvalue weighted by Crippen LogP contribution is 2.39. The van der Waals surface area contributed by atoms with Gasteiger partial charge in [-0.1, -0.05) is 13.8 Å². The summed E-state index contributed by atoms with van der Waals surface area (Å²) in [6, 6.07) is 0. The van der Waals surface area contributed by atoms with E-state index in [4.69, 9.17) is 4.74 Å². The lowest BCUT2D eigenvalue weighted by Gasteiger charge is -2.30. The van der Waals surface area contributed by atoms with Crippen LogP contribution in [0.5, 0.6) is 0 Å². The Labute approximate surface area is 93.4 Å². The van der Waals surface area contributed by atoms with E-state index >= 15 is 0 Å². The van der Waals surface area contributed by atoms with E-state index < -0.39 is 5.60 Å². The first-order valence-corrected chi connectivity index (χ1v) is 6.03. The average molecular weight is 212 g/mol. The molecule has 1 atom stereocenters. The van der Waals surface area contributed by atoms with Crippen LogP contribution in [-0.4, -0.2) is 18.0 Å². The van der Waals surface area contributed by atoms with Crippen LogP contribution < -0.4 is 0 Å². The van der Waals surface area contributed by atoms with E-state index in [0.717, 1.165) is 32.0 Å². The summed E-state index contributed by atoms with van der Waals surface area (Å²) in [5, 5.41) is 0. The molecule has 0 spiro atoms. The van der Waals surface area contributed by atoms with Crippen LogP contribution in [0.15, 0.2) is 0 Å². The third-order valence-corrected chi connectivity index (χ3v) is 3.36. The van der Waals surface area contributed by atoms with Crippen molar-refractivity contribution in [3.8, 4) is 0 Å². The van der Waals surface area contributed by atoms with Gasteiger partial charge in [-0.05, 0) is 51.4 Å². The lowest BCUT2D eigenvalue weighted by atomic mass is 9.84. The molecule has 0 aromatic rings. The summed E-state index contributed by atoms with van der Waals surface area (Å²) < 4.78 is 5.83. The van der Waals surface area contributed by atoms with Crippen LogP contribution in [-0.2, 0) is 9.53 Å². The first kappa shape index (κ1) is 12.7. The average Bonchev–Trinajstić information content (AvgIpc) is 2.26. The van der Waals surface area contributed by atoms with Crippen LogP contribution >= 0.6 is 0 Å². The fourth-order valence-electron chi connectivity index (χ4n) is 2.40. The second kappa shape index (κ2) is 4.65. The van der Waals surface area contributed by atoms with Crippen LogP contribution in [0.3, 0.4) is 0 Å². The fourth-order valence-corrected chi connectivity index (χ4v) is 2.40. The molecule has 0 heterocycles. The smallest absolute Gasteiger partial charge is 0.151 e. The zero-order chi connectivity index (χ0) is 11.5. The van der Waals surface area contributed by atoms with Gasteiger partial charge in [0.2, 0.25) is 0 Å². The molecule has 1 saturated carbocycles. The van der Waals surface area contributed by atoms with Crippen molar-refractivity contribution >= 4 is 6.29 Å². The van der Waals surface area contributed by atoms with Crippen LogP contribution in [0.2, 0.25) is 0 Å². The molecule has 1 rings (SSSR count). The number of carbonyl (C=O) groups excluding carboxylic acids is 1.